The summed E-state index contributed by atoms with van der Waals surface area (Å²) in [6.45, 7) is 3.61. The van der Waals surface area contributed by atoms with E-state index in [1.807, 2.05) is 6.92 Å². The summed E-state index contributed by atoms with van der Waals surface area (Å²) in [7, 11) is 4.07. The van der Waals surface area contributed by atoms with Crippen molar-refractivity contribution in [1.82, 2.24) is 5.32 Å². The lowest BCUT2D eigenvalue weighted by molar-refractivity contribution is -0.151. The molecule has 2 N–H and O–H groups in total. The van der Waals surface area contributed by atoms with Crippen molar-refractivity contribution in [3.05, 3.63) is 40.2 Å². The Morgan fingerprint density at radius 1 is 1.06 bits per heavy atom. The molecule has 9 heteroatoms. The number of carbonyl (C=O) groups is 3. The number of phenolic OH excluding ortho intramolecular Hbond substituents is 1. The molecule has 3 aliphatic rings. The van der Waals surface area contributed by atoms with Crippen molar-refractivity contribution in [3.63, 3.8) is 0 Å². The van der Waals surface area contributed by atoms with E-state index in [1.165, 1.54) is 21.3 Å². The molecule has 0 unspecified atom stereocenters. The topological polar surface area (TPSA) is 120 Å². The van der Waals surface area contributed by atoms with Gasteiger partial charge in [-0.25, -0.2) is 4.79 Å². The molecule has 0 amide bonds. The van der Waals surface area contributed by atoms with Crippen LogP contribution in [0.3, 0.4) is 0 Å². The molecule has 1 saturated carbocycles. The molecular weight excluding hydrogens is 466 g/mol. The summed E-state index contributed by atoms with van der Waals surface area (Å²) in [6.07, 6.45) is 3.83. The second-order valence-corrected chi connectivity index (χ2v) is 9.62. The van der Waals surface area contributed by atoms with Crippen molar-refractivity contribution < 1.29 is 38.4 Å². The second kappa shape index (κ2) is 10.2. The average molecular weight is 500 g/mol. The van der Waals surface area contributed by atoms with Crippen LogP contribution in [0.2, 0.25) is 0 Å². The van der Waals surface area contributed by atoms with E-state index < -0.39 is 29.6 Å². The van der Waals surface area contributed by atoms with Crippen LogP contribution in [0.25, 0.3) is 0 Å². The Balaban J connectivity index is 1.89. The number of rotatable bonds is 6. The summed E-state index contributed by atoms with van der Waals surface area (Å²) in [6, 6.07) is 3.15. The highest BCUT2D eigenvalue weighted by Gasteiger charge is 2.47. The van der Waals surface area contributed by atoms with Gasteiger partial charge in [0.2, 0.25) is 5.75 Å². The highest BCUT2D eigenvalue weighted by atomic mass is 16.5. The largest absolute Gasteiger partial charge is 0.502 e. The highest BCUT2D eigenvalue weighted by molar-refractivity contribution is 6.12. The Labute approximate surface area is 210 Å². The number of allylic oxidation sites excluding steroid dienone is 3. The van der Waals surface area contributed by atoms with Crippen molar-refractivity contribution in [2.75, 3.05) is 21.3 Å². The number of Topliss-reactive ketones (excluding diaryl/α,β-unsaturated/α-hetero) is 1. The quantitative estimate of drug-likeness (QED) is 0.447. The number of benzene rings is 1. The maximum Gasteiger partial charge on any atom is 0.337 e. The molecule has 1 aromatic carbocycles. The molecule has 1 aromatic rings. The van der Waals surface area contributed by atoms with Crippen LogP contribution in [0.15, 0.2) is 34.7 Å². The van der Waals surface area contributed by atoms with Gasteiger partial charge in [-0.2, -0.15) is 0 Å². The molecular formula is C27H33NO8. The van der Waals surface area contributed by atoms with Gasteiger partial charge in [0.05, 0.1) is 26.9 Å². The maximum absolute atomic E-state index is 13.9. The van der Waals surface area contributed by atoms with Crippen molar-refractivity contribution in [2.45, 2.75) is 58.0 Å². The maximum atomic E-state index is 13.9. The van der Waals surface area contributed by atoms with E-state index in [9.17, 15) is 19.5 Å². The summed E-state index contributed by atoms with van der Waals surface area (Å²) in [5.74, 6) is -3.61. The monoisotopic (exact) mass is 499 g/mol. The van der Waals surface area contributed by atoms with Gasteiger partial charge in [0.25, 0.3) is 0 Å². The van der Waals surface area contributed by atoms with Gasteiger partial charge in [0.1, 0.15) is 12.0 Å². The first kappa shape index (κ1) is 25.6. The summed E-state index contributed by atoms with van der Waals surface area (Å²) < 4.78 is 21.5. The minimum Gasteiger partial charge on any atom is -0.502 e. The standard InChI is InChI=1S/C27H33NO8/c1-13-10-17-23(25(30)20(13)26(31)35-5)22(15-11-18(33-3)24(29)19(12-15)34-4)21(14(2)28-17)27(32)36-16-8-6-7-9-16/h11-13,16,20,22,28-29H,6-10H2,1-5H3/t13-,20-,22-/m1/s1. The first-order valence-electron chi connectivity index (χ1n) is 12.2. The van der Waals surface area contributed by atoms with Gasteiger partial charge in [-0.1, -0.05) is 6.92 Å². The van der Waals surface area contributed by atoms with Crippen LogP contribution in [-0.4, -0.2) is 50.3 Å². The number of esters is 2. The number of ether oxygens (including phenoxy) is 4. The molecule has 0 aromatic heterocycles. The molecule has 0 bridgehead atoms. The zero-order chi connectivity index (χ0) is 26.1. The third-order valence-electron chi connectivity index (χ3n) is 7.37. The predicted molar refractivity (Wildman–Crippen MR) is 129 cm³/mol. The fourth-order valence-electron chi connectivity index (χ4n) is 5.59. The lowest BCUT2D eigenvalue weighted by Crippen LogP contribution is -2.43. The summed E-state index contributed by atoms with van der Waals surface area (Å²) >= 11 is 0. The number of phenols is 1. The fourth-order valence-corrected chi connectivity index (χ4v) is 5.59. The van der Waals surface area contributed by atoms with Crippen LogP contribution in [-0.2, 0) is 23.9 Å². The van der Waals surface area contributed by atoms with E-state index in [-0.39, 0.29) is 34.8 Å². The van der Waals surface area contributed by atoms with Crippen LogP contribution < -0.4 is 14.8 Å². The molecule has 0 radical (unpaired) electrons. The summed E-state index contributed by atoms with van der Waals surface area (Å²) in [5.41, 5.74) is 2.31. The van der Waals surface area contributed by atoms with E-state index in [2.05, 4.69) is 5.32 Å². The van der Waals surface area contributed by atoms with E-state index in [1.54, 1.807) is 19.1 Å². The zero-order valence-corrected chi connectivity index (χ0v) is 21.3. The molecule has 0 spiro atoms. The normalized spacial score (nSPS) is 24.2. The van der Waals surface area contributed by atoms with Gasteiger partial charge in [-0.3, -0.25) is 9.59 Å². The molecule has 1 fully saturated rings. The SMILES string of the molecule is COC(=O)[C@H]1C(=O)C2=C(C[C@H]1C)NC(C)=C(C(=O)OC1CCCC1)[C@H]2c1cc(OC)c(O)c(OC)c1. The van der Waals surface area contributed by atoms with Crippen molar-refractivity contribution >= 4 is 17.7 Å². The van der Waals surface area contributed by atoms with Crippen molar-refractivity contribution in [3.8, 4) is 17.2 Å². The van der Waals surface area contributed by atoms with Crippen LogP contribution in [0.4, 0.5) is 0 Å². The smallest absolute Gasteiger partial charge is 0.337 e. The zero-order valence-electron chi connectivity index (χ0n) is 21.3. The summed E-state index contributed by atoms with van der Waals surface area (Å²) in [4.78, 5) is 40.0. The number of carbonyl (C=O) groups excluding carboxylic acids is 3. The molecule has 1 heterocycles. The predicted octanol–water partition coefficient (Wildman–Crippen LogP) is 3.51. The lowest BCUT2D eigenvalue weighted by Gasteiger charge is -2.38. The van der Waals surface area contributed by atoms with Gasteiger partial charge in [-0.15, -0.1) is 0 Å². The first-order chi connectivity index (χ1) is 17.2. The minimum absolute atomic E-state index is 0.132. The Bertz CT molecular complexity index is 1120. The van der Waals surface area contributed by atoms with Gasteiger partial charge in [0.15, 0.2) is 17.3 Å². The Morgan fingerprint density at radius 2 is 1.67 bits per heavy atom. The molecule has 1 aliphatic heterocycles. The van der Waals surface area contributed by atoms with Gasteiger partial charge in [0, 0.05) is 22.9 Å². The molecule has 194 valence electrons. The number of hydrogen-bond donors (Lipinski definition) is 2. The van der Waals surface area contributed by atoms with E-state index in [0.717, 1.165) is 25.7 Å². The molecule has 9 nitrogen and oxygen atoms in total. The second-order valence-electron chi connectivity index (χ2n) is 9.62. The third-order valence-corrected chi connectivity index (χ3v) is 7.37. The average Bonchev–Trinajstić information content (AvgIpc) is 3.36. The fraction of sp³-hybridized carbons (Fsp3) is 0.519. The number of hydrogen-bond acceptors (Lipinski definition) is 9. The molecule has 36 heavy (non-hydrogen) atoms. The summed E-state index contributed by atoms with van der Waals surface area (Å²) in [5, 5.41) is 13.7. The molecule has 2 aliphatic carbocycles. The van der Waals surface area contributed by atoms with Crippen molar-refractivity contribution in [1.29, 1.82) is 0 Å². The highest BCUT2D eigenvalue weighted by Crippen LogP contribution is 2.49. The number of ketones is 1. The number of methoxy groups -OCH3 is 3. The molecule has 4 rings (SSSR count). The number of aromatic hydroxyl groups is 1. The number of dihydropyridines is 1. The van der Waals surface area contributed by atoms with Crippen molar-refractivity contribution in [2.24, 2.45) is 11.8 Å². The van der Waals surface area contributed by atoms with Crippen LogP contribution in [0, 0.1) is 11.8 Å². The van der Waals surface area contributed by atoms with Crippen LogP contribution >= 0.6 is 0 Å². The minimum atomic E-state index is -0.996. The van der Waals surface area contributed by atoms with Gasteiger partial charge >= 0.3 is 11.9 Å². The van der Waals surface area contributed by atoms with Crippen LogP contribution in [0.5, 0.6) is 17.2 Å². The Hall–Kier alpha value is -3.49. The van der Waals surface area contributed by atoms with Crippen LogP contribution in [0.1, 0.15) is 57.4 Å². The van der Waals surface area contributed by atoms with Gasteiger partial charge in [-0.05, 0) is 62.6 Å². The first-order valence-corrected chi connectivity index (χ1v) is 12.2. The number of nitrogens with one attached hydrogen (secondary N) is 1. The Morgan fingerprint density at radius 3 is 2.22 bits per heavy atom. The molecule has 0 saturated heterocycles. The third kappa shape index (κ3) is 4.42. The Kier molecular flexibility index (Phi) is 7.28. The van der Waals surface area contributed by atoms with Gasteiger partial charge < -0.3 is 29.4 Å². The van der Waals surface area contributed by atoms with E-state index >= 15 is 0 Å². The lowest BCUT2D eigenvalue weighted by atomic mass is 9.69. The van der Waals surface area contributed by atoms with E-state index in [4.69, 9.17) is 18.9 Å². The molecule has 3 atom stereocenters. The van der Waals surface area contributed by atoms with E-state index in [0.29, 0.717) is 29.0 Å².